The highest BCUT2D eigenvalue weighted by Gasteiger charge is 2.16. The number of nitrogens with zero attached hydrogens (tertiary/aromatic N) is 3. The molecule has 5 heteroatoms. The molecule has 0 atom stereocenters. The summed E-state index contributed by atoms with van der Waals surface area (Å²) in [6, 6.07) is 0.459. The average Bonchev–Trinajstić information content (AvgIpc) is 2.68. The Morgan fingerprint density at radius 3 is 3.00 bits per heavy atom. The van der Waals surface area contributed by atoms with Gasteiger partial charge in [0.15, 0.2) is 0 Å². The van der Waals surface area contributed by atoms with E-state index >= 15 is 0 Å². The van der Waals surface area contributed by atoms with Gasteiger partial charge in [-0.05, 0) is 12.8 Å². The number of ether oxygens (including phenoxy) is 1. The summed E-state index contributed by atoms with van der Waals surface area (Å²) in [5.74, 6) is 0.604. The van der Waals surface area contributed by atoms with Gasteiger partial charge in [-0.2, -0.15) is 0 Å². The van der Waals surface area contributed by atoms with Gasteiger partial charge in [-0.3, -0.25) is 0 Å². The third kappa shape index (κ3) is 2.25. The number of rotatable bonds is 3. The molecular formula is C9H14ClN3O. The summed E-state index contributed by atoms with van der Waals surface area (Å²) in [5, 5.41) is 8.18. The van der Waals surface area contributed by atoms with Gasteiger partial charge in [0.25, 0.3) is 0 Å². The maximum atomic E-state index is 5.63. The van der Waals surface area contributed by atoms with Gasteiger partial charge < -0.3 is 4.74 Å². The summed E-state index contributed by atoms with van der Waals surface area (Å²) >= 11 is 5.63. The minimum Gasteiger partial charge on any atom is -0.381 e. The summed E-state index contributed by atoms with van der Waals surface area (Å²) in [4.78, 5) is 0. The van der Waals surface area contributed by atoms with E-state index in [1.807, 2.05) is 10.9 Å². The van der Waals surface area contributed by atoms with Crippen LogP contribution >= 0.6 is 11.6 Å². The predicted molar refractivity (Wildman–Crippen MR) is 53.5 cm³/mol. The largest absolute Gasteiger partial charge is 0.381 e. The van der Waals surface area contributed by atoms with Crippen molar-refractivity contribution in [1.82, 2.24) is 15.0 Å². The van der Waals surface area contributed by atoms with E-state index in [0.717, 1.165) is 38.2 Å². The van der Waals surface area contributed by atoms with Crippen LogP contribution in [0, 0.1) is 0 Å². The van der Waals surface area contributed by atoms with Gasteiger partial charge in [-0.15, -0.1) is 16.7 Å². The quantitative estimate of drug-likeness (QED) is 0.716. The van der Waals surface area contributed by atoms with Crippen molar-refractivity contribution in [3.05, 3.63) is 11.9 Å². The molecular weight excluding hydrogens is 202 g/mol. The van der Waals surface area contributed by atoms with Crippen LogP contribution in [0.15, 0.2) is 6.20 Å². The number of alkyl halides is 1. The monoisotopic (exact) mass is 215 g/mol. The summed E-state index contributed by atoms with van der Waals surface area (Å²) in [7, 11) is 0. The smallest absolute Gasteiger partial charge is 0.0839 e. The number of aromatic nitrogens is 3. The molecule has 4 nitrogen and oxygen atoms in total. The summed E-state index contributed by atoms with van der Waals surface area (Å²) < 4.78 is 7.24. The third-order valence-electron chi connectivity index (χ3n) is 2.47. The fraction of sp³-hybridized carbons (Fsp3) is 0.778. The molecule has 14 heavy (non-hydrogen) atoms. The Morgan fingerprint density at radius 1 is 1.50 bits per heavy atom. The topological polar surface area (TPSA) is 39.9 Å². The van der Waals surface area contributed by atoms with Gasteiger partial charge in [-0.1, -0.05) is 5.21 Å². The molecule has 0 unspecified atom stereocenters. The zero-order valence-corrected chi connectivity index (χ0v) is 8.78. The highest BCUT2D eigenvalue weighted by atomic mass is 35.5. The second kappa shape index (κ2) is 4.75. The zero-order chi connectivity index (χ0) is 9.80. The molecule has 0 bridgehead atoms. The molecule has 2 rings (SSSR count). The fourth-order valence-electron chi connectivity index (χ4n) is 1.65. The first-order valence-electron chi connectivity index (χ1n) is 4.94. The first-order chi connectivity index (χ1) is 6.90. The molecule has 0 saturated carbocycles. The lowest BCUT2D eigenvalue weighted by atomic mass is 10.1. The predicted octanol–water partition coefficient (Wildman–Crippen LogP) is 1.41. The molecule has 1 aliphatic heterocycles. The van der Waals surface area contributed by atoms with E-state index in [1.165, 1.54) is 0 Å². The van der Waals surface area contributed by atoms with Crippen LogP contribution in [0.4, 0.5) is 0 Å². The van der Waals surface area contributed by atoms with Gasteiger partial charge in [0, 0.05) is 31.7 Å². The van der Waals surface area contributed by atoms with E-state index in [9.17, 15) is 0 Å². The minimum absolute atomic E-state index is 0.459. The Kier molecular flexibility index (Phi) is 3.37. The van der Waals surface area contributed by atoms with E-state index in [4.69, 9.17) is 16.3 Å². The lowest BCUT2D eigenvalue weighted by molar-refractivity contribution is 0.0657. The standard InChI is InChI=1S/C9H14ClN3O/c10-4-1-8-7-13(12-11-8)9-2-5-14-6-3-9/h7,9H,1-6H2. The summed E-state index contributed by atoms with van der Waals surface area (Å²) in [6.45, 7) is 1.66. The third-order valence-corrected chi connectivity index (χ3v) is 2.66. The molecule has 0 amide bonds. The first kappa shape index (κ1) is 9.93. The zero-order valence-electron chi connectivity index (χ0n) is 8.03. The highest BCUT2D eigenvalue weighted by Crippen LogP contribution is 2.19. The minimum atomic E-state index is 0.459. The number of hydrogen-bond acceptors (Lipinski definition) is 3. The first-order valence-corrected chi connectivity index (χ1v) is 5.48. The van der Waals surface area contributed by atoms with Gasteiger partial charge in [0.05, 0.1) is 11.7 Å². The van der Waals surface area contributed by atoms with Crippen LogP contribution in [0.3, 0.4) is 0 Å². The van der Waals surface area contributed by atoms with Crippen LogP contribution in [0.25, 0.3) is 0 Å². The maximum absolute atomic E-state index is 5.63. The average molecular weight is 216 g/mol. The molecule has 0 N–H and O–H groups in total. The van der Waals surface area contributed by atoms with Crippen LogP contribution in [-0.4, -0.2) is 34.1 Å². The van der Waals surface area contributed by atoms with Crippen molar-refractivity contribution in [3.63, 3.8) is 0 Å². The van der Waals surface area contributed by atoms with Crippen LogP contribution in [0.1, 0.15) is 24.6 Å². The molecule has 1 saturated heterocycles. The van der Waals surface area contributed by atoms with E-state index in [0.29, 0.717) is 11.9 Å². The van der Waals surface area contributed by atoms with E-state index in [2.05, 4.69) is 10.3 Å². The maximum Gasteiger partial charge on any atom is 0.0839 e. The Bertz CT molecular complexity index is 283. The molecule has 0 radical (unpaired) electrons. The number of hydrogen-bond donors (Lipinski definition) is 0. The van der Waals surface area contributed by atoms with Crippen molar-refractivity contribution in [2.75, 3.05) is 19.1 Å². The second-order valence-corrected chi connectivity index (χ2v) is 3.85. The van der Waals surface area contributed by atoms with Crippen LogP contribution in [0.2, 0.25) is 0 Å². The fourth-order valence-corrected chi connectivity index (χ4v) is 1.85. The SMILES string of the molecule is ClCCc1cn(C2CCOCC2)nn1. The Balaban J connectivity index is 2.00. The molecule has 1 aromatic heterocycles. The van der Waals surface area contributed by atoms with Gasteiger partial charge in [-0.25, -0.2) is 4.68 Å². The van der Waals surface area contributed by atoms with Crippen molar-refractivity contribution in [1.29, 1.82) is 0 Å². The van der Waals surface area contributed by atoms with Crippen molar-refractivity contribution >= 4 is 11.6 Å². The Morgan fingerprint density at radius 2 is 2.29 bits per heavy atom. The lowest BCUT2D eigenvalue weighted by Gasteiger charge is -2.21. The van der Waals surface area contributed by atoms with E-state index < -0.39 is 0 Å². The van der Waals surface area contributed by atoms with Crippen LogP contribution in [-0.2, 0) is 11.2 Å². The lowest BCUT2D eigenvalue weighted by Crippen LogP contribution is -2.19. The number of aryl methyl sites for hydroxylation is 1. The summed E-state index contributed by atoms with van der Waals surface area (Å²) in [6.07, 6.45) is 4.86. The van der Waals surface area contributed by atoms with Gasteiger partial charge in [0.1, 0.15) is 0 Å². The van der Waals surface area contributed by atoms with Gasteiger partial charge in [0.2, 0.25) is 0 Å². The van der Waals surface area contributed by atoms with Gasteiger partial charge >= 0.3 is 0 Å². The van der Waals surface area contributed by atoms with Crippen molar-refractivity contribution in [3.8, 4) is 0 Å². The normalized spacial score (nSPS) is 18.6. The molecule has 1 aliphatic rings. The molecule has 0 aliphatic carbocycles. The molecule has 0 spiro atoms. The molecule has 1 aromatic rings. The molecule has 0 aromatic carbocycles. The number of halogens is 1. The van der Waals surface area contributed by atoms with E-state index in [-0.39, 0.29) is 0 Å². The summed E-state index contributed by atoms with van der Waals surface area (Å²) in [5.41, 5.74) is 0.978. The highest BCUT2D eigenvalue weighted by molar-refractivity contribution is 6.17. The Labute approximate surface area is 88.2 Å². The Hall–Kier alpha value is -0.610. The molecule has 2 heterocycles. The van der Waals surface area contributed by atoms with Crippen molar-refractivity contribution in [2.24, 2.45) is 0 Å². The van der Waals surface area contributed by atoms with Crippen molar-refractivity contribution in [2.45, 2.75) is 25.3 Å². The molecule has 1 fully saturated rings. The molecule has 78 valence electrons. The van der Waals surface area contributed by atoms with Crippen LogP contribution in [0.5, 0.6) is 0 Å². The second-order valence-electron chi connectivity index (χ2n) is 3.47. The van der Waals surface area contributed by atoms with E-state index in [1.54, 1.807) is 0 Å². The van der Waals surface area contributed by atoms with Crippen molar-refractivity contribution < 1.29 is 4.74 Å². The van der Waals surface area contributed by atoms with Crippen LogP contribution < -0.4 is 0 Å².